The molecular formula is C15H11Br2ClN2. The zero-order valence-corrected chi connectivity index (χ0v) is 14.4. The molecule has 0 aliphatic heterocycles. The first-order chi connectivity index (χ1) is 9.72. The van der Waals surface area contributed by atoms with E-state index in [9.17, 15) is 0 Å². The topological polar surface area (TPSA) is 17.8 Å². The molecule has 0 unspecified atom stereocenters. The Kier molecular flexibility index (Phi) is 4.15. The molecule has 0 fully saturated rings. The minimum Gasteiger partial charge on any atom is -0.294 e. The van der Waals surface area contributed by atoms with Gasteiger partial charge in [-0.1, -0.05) is 18.2 Å². The summed E-state index contributed by atoms with van der Waals surface area (Å²) in [4.78, 5) is 4.70. The Morgan fingerprint density at radius 3 is 2.40 bits per heavy atom. The van der Waals surface area contributed by atoms with Crippen molar-refractivity contribution in [2.75, 3.05) is 5.88 Å². The standard InChI is InChI=1S/C15H11Br2ClN2/c16-10-4-3-5-11(17)15(10)20-13-7-2-1-6-12(13)19-14(20)8-9-18/h1-7H,8-9H2. The van der Waals surface area contributed by atoms with Crippen LogP contribution < -0.4 is 0 Å². The summed E-state index contributed by atoms with van der Waals surface area (Å²) in [6, 6.07) is 14.2. The molecule has 2 nitrogen and oxygen atoms in total. The lowest BCUT2D eigenvalue weighted by Gasteiger charge is -2.12. The van der Waals surface area contributed by atoms with Crippen molar-refractivity contribution in [3.05, 3.63) is 57.2 Å². The summed E-state index contributed by atoms with van der Waals surface area (Å²) in [5.41, 5.74) is 3.12. The number of hydrogen-bond acceptors (Lipinski definition) is 1. The zero-order chi connectivity index (χ0) is 14.1. The maximum atomic E-state index is 5.93. The number of aryl methyl sites for hydroxylation is 1. The average molecular weight is 415 g/mol. The van der Waals surface area contributed by atoms with Gasteiger partial charge in [-0.2, -0.15) is 0 Å². The molecule has 3 aromatic rings. The second kappa shape index (κ2) is 5.88. The molecule has 0 bridgehead atoms. The zero-order valence-electron chi connectivity index (χ0n) is 10.5. The van der Waals surface area contributed by atoms with Crippen LogP contribution in [0.25, 0.3) is 16.7 Å². The van der Waals surface area contributed by atoms with Gasteiger partial charge in [-0.25, -0.2) is 4.98 Å². The second-order valence-corrected chi connectivity index (χ2v) is 6.45. The van der Waals surface area contributed by atoms with E-state index in [0.29, 0.717) is 5.88 Å². The molecule has 1 aromatic heterocycles. The van der Waals surface area contributed by atoms with Gasteiger partial charge >= 0.3 is 0 Å². The van der Waals surface area contributed by atoms with Crippen LogP contribution in [-0.2, 0) is 6.42 Å². The molecule has 0 saturated carbocycles. The quantitative estimate of drug-likeness (QED) is 0.530. The third-order valence-corrected chi connectivity index (χ3v) is 4.58. The van der Waals surface area contributed by atoms with Crippen molar-refractivity contribution in [2.45, 2.75) is 6.42 Å². The van der Waals surface area contributed by atoms with Crippen LogP contribution in [0, 0.1) is 0 Å². The predicted molar refractivity (Wildman–Crippen MR) is 90.9 cm³/mol. The van der Waals surface area contributed by atoms with Crippen LogP contribution in [0.5, 0.6) is 0 Å². The van der Waals surface area contributed by atoms with Crippen LogP contribution in [0.3, 0.4) is 0 Å². The summed E-state index contributed by atoms with van der Waals surface area (Å²) in [7, 11) is 0. The highest BCUT2D eigenvalue weighted by atomic mass is 79.9. The number of nitrogens with zero attached hydrogens (tertiary/aromatic N) is 2. The number of alkyl halides is 1. The van der Waals surface area contributed by atoms with E-state index in [0.717, 1.165) is 37.9 Å². The Hall–Kier alpha value is -0.840. The number of para-hydroxylation sites is 3. The molecule has 5 heteroatoms. The van der Waals surface area contributed by atoms with E-state index < -0.39 is 0 Å². The molecule has 1 heterocycles. The third-order valence-electron chi connectivity index (χ3n) is 3.11. The molecule has 3 rings (SSSR count). The molecule has 0 saturated heterocycles. The number of aromatic nitrogens is 2. The summed E-state index contributed by atoms with van der Waals surface area (Å²) in [6.07, 6.45) is 0.726. The van der Waals surface area contributed by atoms with Crippen LogP contribution in [0.15, 0.2) is 51.4 Å². The summed E-state index contributed by atoms with van der Waals surface area (Å²) >= 11 is 13.2. The molecular weight excluding hydrogens is 403 g/mol. The third kappa shape index (κ3) is 2.41. The van der Waals surface area contributed by atoms with Crippen molar-refractivity contribution in [3.63, 3.8) is 0 Å². The smallest absolute Gasteiger partial charge is 0.115 e. The second-order valence-electron chi connectivity index (χ2n) is 4.36. The SMILES string of the molecule is ClCCc1nc2ccccc2n1-c1c(Br)cccc1Br. The van der Waals surface area contributed by atoms with E-state index in [1.807, 2.05) is 36.4 Å². The first kappa shape index (κ1) is 14.1. The molecule has 0 spiro atoms. The number of hydrogen-bond donors (Lipinski definition) is 0. The van der Waals surface area contributed by atoms with Gasteiger partial charge in [0.25, 0.3) is 0 Å². The number of halogens is 3. The monoisotopic (exact) mass is 412 g/mol. The van der Waals surface area contributed by atoms with Gasteiger partial charge in [-0.05, 0) is 56.1 Å². The largest absolute Gasteiger partial charge is 0.294 e. The van der Waals surface area contributed by atoms with E-state index in [1.165, 1.54) is 0 Å². The number of benzene rings is 2. The van der Waals surface area contributed by atoms with E-state index in [1.54, 1.807) is 0 Å². The lowest BCUT2D eigenvalue weighted by molar-refractivity contribution is 0.906. The molecule has 0 atom stereocenters. The lowest BCUT2D eigenvalue weighted by Crippen LogP contribution is -2.03. The van der Waals surface area contributed by atoms with Crippen LogP contribution in [0.2, 0.25) is 0 Å². The Morgan fingerprint density at radius 1 is 1.00 bits per heavy atom. The molecule has 102 valence electrons. The summed E-state index contributed by atoms with van der Waals surface area (Å²) in [6.45, 7) is 0. The van der Waals surface area contributed by atoms with Gasteiger partial charge in [0.15, 0.2) is 0 Å². The van der Waals surface area contributed by atoms with Crippen LogP contribution in [0.4, 0.5) is 0 Å². The fourth-order valence-electron chi connectivity index (χ4n) is 2.28. The van der Waals surface area contributed by atoms with Crippen LogP contribution in [0.1, 0.15) is 5.82 Å². The Bertz CT molecular complexity index is 747. The maximum Gasteiger partial charge on any atom is 0.115 e. The summed E-state index contributed by atoms with van der Waals surface area (Å²) < 4.78 is 4.20. The molecule has 2 aromatic carbocycles. The van der Waals surface area contributed by atoms with Gasteiger partial charge in [0.2, 0.25) is 0 Å². The van der Waals surface area contributed by atoms with Gasteiger partial charge in [-0.15, -0.1) is 11.6 Å². The van der Waals surface area contributed by atoms with E-state index >= 15 is 0 Å². The van der Waals surface area contributed by atoms with Gasteiger partial charge in [0.05, 0.1) is 16.7 Å². The molecule has 0 amide bonds. The predicted octanol–water partition coefficient (Wildman–Crippen LogP) is 5.33. The maximum absolute atomic E-state index is 5.93. The van der Waals surface area contributed by atoms with Crippen molar-refractivity contribution in [1.82, 2.24) is 9.55 Å². The molecule has 0 N–H and O–H groups in total. The molecule has 20 heavy (non-hydrogen) atoms. The van der Waals surface area contributed by atoms with E-state index in [4.69, 9.17) is 16.6 Å². The number of fused-ring (bicyclic) bond motifs is 1. The van der Waals surface area contributed by atoms with Crippen molar-refractivity contribution in [2.24, 2.45) is 0 Å². The molecule has 0 aliphatic rings. The number of rotatable bonds is 3. The lowest BCUT2D eigenvalue weighted by atomic mass is 10.2. The first-order valence-corrected chi connectivity index (χ1v) is 8.31. The Morgan fingerprint density at radius 2 is 1.70 bits per heavy atom. The molecule has 0 radical (unpaired) electrons. The van der Waals surface area contributed by atoms with E-state index in [-0.39, 0.29) is 0 Å². The minimum atomic E-state index is 0.547. The first-order valence-electron chi connectivity index (χ1n) is 6.19. The van der Waals surface area contributed by atoms with Gasteiger partial charge in [0.1, 0.15) is 5.82 Å². The minimum absolute atomic E-state index is 0.547. The van der Waals surface area contributed by atoms with Crippen molar-refractivity contribution in [1.29, 1.82) is 0 Å². The Labute approximate surface area is 139 Å². The normalized spacial score (nSPS) is 11.2. The summed E-state index contributed by atoms with van der Waals surface area (Å²) in [5.74, 6) is 1.51. The van der Waals surface area contributed by atoms with Crippen LogP contribution >= 0.6 is 43.5 Å². The van der Waals surface area contributed by atoms with Crippen LogP contribution in [-0.4, -0.2) is 15.4 Å². The average Bonchev–Trinajstić information content (AvgIpc) is 2.78. The van der Waals surface area contributed by atoms with Crippen molar-refractivity contribution in [3.8, 4) is 5.69 Å². The highest BCUT2D eigenvalue weighted by molar-refractivity contribution is 9.11. The summed E-state index contributed by atoms with van der Waals surface area (Å²) in [5, 5.41) is 0. The van der Waals surface area contributed by atoms with Gasteiger partial charge < -0.3 is 0 Å². The number of imidazole rings is 1. The fraction of sp³-hybridized carbons (Fsp3) is 0.133. The highest BCUT2D eigenvalue weighted by Gasteiger charge is 2.16. The van der Waals surface area contributed by atoms with Gasteiger partial charge in [-0.3, -0.25) is 4.57 Å². The fourth-order valence-corrected chi connectivity index (χ4v) is 3.80. The van der Waals surface area contributed by atoms with Crippen molar-refractivity contribution >= 4 is 54.5 Å². The highest BCUT2D eigenvalue weighted by Crippen LogP contribution is 2.33. The van der Waals surface area contributed by atoms with Gasteiger partial charge in [0, 0.05) is 21.2 Å². The van der Waals surface area contributed by atoms with Crippen molar-refractivity contribution < 1.29 is 0 Å². The van der Waals surface area contributed by atoms with E-state index in [2.05, 4.69) is 42.5 Å². The Balaban J connectivity index is 2.36. The molecule has 0 aliphatic carbocycles.